The van der Waals surface area contributed by atoms with Crippen molar-refractivity contribution in [2.24, 2.45) is 0 Å². The molecule has 18 heavy (non-hydrogen) atoms. The number of ether oxygens (including phenoxy) is 1. The minimum atomic E-state index is 0.402. The molecule has 5 heteroatoms. The molecule has 4 nitrogen and oxygen atoms in total. The molecular weight excluding hydrogens is 248 g/mol. The van der Waals surface area contributed by atoms with Crippen molar-refractivity contribution in [1.29, 1.82) is 0 Å². The van der Waals surface area contributed by atoms with Gasteiger partial charge in [0.15, 0.2) is 0 Å². The van der Waals surface area contributed by atoms with Crippen LogP contribution in [0.4, 0.5) is 5.69 Å². The fourth-order valence-electron chi connectivity index (χ4n) is 1.93. The van der Waals surface area contributed by atoms with Gasteiger partial charge in [0.25, 0.3) is 0 Å². The lowest BCUT2D eigenvalue weighted by atomic mass is 10.2. The van der Waals surface area contributed by atoms with Crippen molar-refractivity contribution in [2.75, 3.05) is 25.7 Å². The molecule has 1 aromatic carbocycles. The van der Waals surface area contributed by atoms with Gasteiger partial charge in [-0.1, -0.05) is 24.1 Å². The molecule has 0 radical (unpaired) electrons. The molecule has 1 atom stereocenters. The second-order valence-electron chi connectivity index (χ2n) is 4.28. The topological polar surface area (TPSA) is 42.5 Å². The molecule has 0 saturated carbocycles. The summed E-state index contributed by atoms with van der Waals surface area (Å²) in [4.78, 5) is 4.89. The molecule has 1 aliphatic heterocycles. The standard InChI is InChI=1S/C13H20N2O2S/c1-16-15-12-5-2-4-11(8-12)10-18-14-9-13-6-3-7-17-13/h2,4-5,8,13-15H,3,6-7,9-10H2,1H3. The number of nitrogens with one attached hydrogen (secondary N) is 2. The molecule has 0 bridgehead atoms. The van der Waals surface area contributed by atoms with Crippen LogP contribution >= 0.6 is 11.9 Å². The van der Waals surface area contributed by atoms with Crippen molar-refractivity contribution in [1.82, 2.24) is 4.72 Å². The minimum Gasteiger partial charge on any atom is -0.377 e. The van der Waals surface area contributed by atoms with E-state index in [4.69, 9.17) is 9.57 Å². The summed E-state index contributed by atoms with van der Waals surface area (Å²) in [5.74, 6) is 0.936. The Balaban J connectivity index is 1.67. The summed E-state index contributed by atoms with van der Waals surface area (Å²) in [5.41, 5.74) is 5.08. The van der Waals surface area contributed by atoms with E-state index in [0.29, 0.717) is 6.10 Å². The molecule has 0 spiro atoms. The summed E-state index contributed by atoms with van der Waals surface area (Å²) >= 11 is 1.72. The van der Waals surface area contributed by atoms with Gasteiger partial charge in [-0.3, -0.25) is 15.0 Å². The van der Waals surface area contributed by atoms with Crippen LogP contribution in [0.25, 0.3) is 0 Å². The van der Waals surface area contributed by atoms with Gasteiger partial charge in [-0.25, -0.2) is 0 Å². The minimum absolute atomic E-state index is 0.402. The monoisotopic (exact) mass is 268 g/mol. The Morgan fingerprint density at radius 1 is 1.50 bits per heavy atom. The first-order valence-corrected chi connectivity index (χ1v) is 7.21. The van der Waals surface area contributed by atoms with Gasteiger partial charge in [0.2, 0.25) is 0 Å². The van der Waals surface area contributed by atoms with Gasteiger partial charge in [-0.15, -0.1) is 0 Å². The molecule has 1 saturated heterocycles. The second kappa shape index (κ2) is 7.63. The van der Waals surface area contributed by atoms with E-state index in [1.807, 2.05) is 12.1 Å². The number of hydrogen-bond donors (Lipinski definition) is 2. The van der Waals surface area contributed by atoms with Crippen molar-refractivity contribution >= 4 is 17.6 Å². The first-order valence-electron chi connectivity index (χ1n) is 6.22. The quantitative estimate of drug-likeness (QED) is 0.452. The third kappa shape index (κ3) is 4.49. The largest absolute Gasteiger partial charge is 0.377 e. The first kappa shape index (κ1) is 13.7. The van der Waals surface area contributed by atoms with Crippen molar-refractivity contribution in [3.63, 3.8) is 0 Å². The van der Waals surface area contributed by atoms with Gasteiger partial charge in [0.1, 0.15) is 0 Å². The highest BCUT2D eigenvalue weighted by Crippen LogP contribution is 2.16. The third-order valence-electron chi connectivity index (χ3n) is 2.82. The highest BCUT2D eigenvalue weighted by atomic mass is 32.2. The summed E-state index contributed by atoms with van der Waals surface area (Å²) < 4.78 is 8.92. The summed E-state index contributed by atoms with van der Waals surface area (Å²) in [6.45, 7) is 1.85. The summed E-state index contributed by atoms with van der Waals surface area (Å²) in [5, 5.41) is 0. The smallest absolute Gasteiger partial charge is 0.0709 e. The molecule has 1 heterocycles. The fourth-order valence-corrected chi connectivity index (χ4v) is 2.69. The van der Waals surface area contributed by atoms with E-state index in [0.717, 1.165) is 24.6 Å². The Hall–Kier alpha value is -0.750. The SMILES string of the molecule is CONc1cccc(CSNCC2CCCO2)c1. The van der Waals surface area contributed by atoms with Crippen LogP contribution in [0.5, 0.6) is 0 Å². The Labute approximate surface area is 113 Å². The predicted octanol–water partition coefficient (Wildman–Crippen LogP) is 2.58. The van der Waals surface area contributed by atoms with Crippen molar-refractivity contribution in [2.45, 2.75) is 24.7 Å². The van der Waals surface area contributed by atoms with Gasteiger partial charge >= 0.3 is 0 Å². The number of rotatable bonds is 7. The third-order valence-corrected chi connectivity index (χ3v) is 3.67. The maximum atomic E-state index is 5.55. The highest BCUT2D eigenvalue weighted by Gasteiger charge is 2.14. The Morgan fingerprint density at radius 2 is 2.44 bits per heavy atom. The lowest BCUT2D eigenvalue weighted by Crippen LogP contribution is -2.21. The molecular formula is C13H20N2O2S. The van der Waals surface area contributed by atoms with Crippen LogP contribution in [0.15, 0.2) is 24.3 Å². The summed E-state index contributed by atoms with van der Waals surface area (Å²) in [6.07, 6.45) is 2.78. The van der Waals surface area contributed by atoms with Gasteiger partial charge in [-0.05, 0) is 30.5 Å². The van der Waals surface area contributed by atoms with Crippen LogP contribution in [-0.2, 0) is 15.3 Å². The Bertz CT molecular complexity index is 357. The number of benzene rings is 1. The van der Waals surface area contributed by atoms with E-state index in [1.54, 1.807) is 19.1 Å². The Kier molecular flexibility index (Phi) is 5.80. The molecule has 0 amide bonds. The molecule has 2 rings (SSSR count). The molecule has 1 aromatic rings. The molecule has 1 aliphatic rings. The number of anilines is 1. The predicted molar refractivity (Wildman–Crippen MR) is 75.3 cm³/mol. The molecule has 2 N–H and O–H groups in total. The van der Waals surface area contributed by atoms with Crippen LogP contribution in [-0.4, -0.2) is 26.4 Å². The van der Waals surface area contributed by atoms with Gasteiger partial charge < -0.3 is 4.74 Å². The zero-order valence-corrected chi connectivity index (χ0v) is 11.5. The normalized spacial score (nSPS) is 19.1. The van der Waals surface area contributed by atoms with Gasteiger partial charge in [0.05, 0.1) is 18.9 Å². The van der Waals surface area contributed by atoms with E-state index in [1.165, 1.54) is 18.4 Å². The summed E-state index contributed by atoms with van der Waals surface area (Å²) in [6, 6.07) is 8.21. The zero-order chi connectivity index (χ0) is 12.6. The fraction of sp³-hybridized carbons (Fsp3) is 0.538. The average molecular weight is 268 g/mol. The van der Waals surface area contributed by atoms with E-state index in [2.05, 4.69) is 22.3 Å². The van der Waals surface area contributed by atoms with Crippen molar-refractivity contribution < 1.29 is 9.57 Å². The zero-order valence-electron chi connectivity index (χ0n) is 10.6. The van der Waals surface area contributed by atoms with Crippen LogP contribution in [0.3, 0.4) is 0 Å². The van der Waals surface area contributed by atoms with E-state index in [-0.39, 0.29) is 0 Å². The van der Waals surface area contributed by atoms with E-state index < -0.39 is 0 Å². The molecule has 1 unspecified atom stereocenters. The lowest BCUT2D eigenvalue weighted by molar-refractivity contribution is 0.115. The maximum absolute atomic E-state index is 5.55. The van der Waals surface area contributed by atoms with E-state index in [9.17, 15) is 0 Å². The molecule has 0 aromatic heterocycles. The van der Waals surface area contributed by atoms with Crippen LogP contribution in [0, 0.1) is 0 Å². The molecule has 1 fully saturated rings. The second-order valence-corrected chi connectivity index (χ2v) is 5.14. The maximum Gasteiger partial charge on any atom is 0.0709 e. The molecule has 100 valence electrons. The van der Waals surface area contributed by atoms with Crippen molar-refractivity contribution in [3.8, 4) is 0 Å². The first-order chi connectivity index (χ1) is 8.88. The highest BCUT2D eigenvalue weighted by molar-refractivity contribution is 7.96. The van der Waals surface area contributed by atoms with E-state index >= 15 is 0 Å². The molecule has 0 aliphatic carbocycles. The summed E-state index contributed by atoms with van der Waals surface area (Å²) in [7, 11) is 1.62. The van der Waals surface area contributed by atoms with Crippen LogP contribution < -0.4 is 10.2 Å². The van der Waals surface area contributed by atoms with Gasteiger partial charge in [-0.2, -0.15) is 0 Å². The van der Waals surface area contributed by atoms with Crippen molar-refractivity contribution in [3.05, 3.63) is 29.8 Å². The van der Waals surface area contributed by atoms with Crippen LogP contribution in [0.2, 0.25) is 0 Å². The average Bonchev–Trinajstić information content (AvgIpc) is 2.89. The lowest BCUT2D eigenvalue weighted by Gasteiger charge is -2.10. The van der Waals surface area contributed by atoms with Crippen LogP contribution in [0.1, 0.15) is 18.4 Å². The van der Waals surface area contributed by atoms with Gasteiger partial charge in [0, 0.05) is 18.9 Å². The number of hydrogen-bond acceptors (Lipinski definition) is 5. The Morgan fingerprint density at radius 3 is 3.22 bits per heavy atom.